The van der Waals surface area contributed by atoms with Crippen LogP contribution in [0.25, 0.3) is 16.9 Å². The molecule has 2 aromatic heterocycles. The van der Waals surface area contributed by atoms with Crippen molar-refractivity contribution in [2.75, 3.05) is 6.61 Å². The maximum atomic E-state index is 14.3. The lowest BCUT2D eigenvalue weighted by molar-refractivity contribution is 0.0285. The molecule has 12 heteroatoms. The summed E-state index contributed by atoms with van der Waals surface area (Å²) in [4.78, 5) is 52.3. The largest absolute Gasteiger partial charge is 0.491 e. The maximum Gasteiger partial charge on any atom is 0.333 e. The Labute approximate surface area is 292 Å². The number of amides is 2. The van der Waals surface area contributed by atoms with Crippen LogP contribution in [-0.4, -0.2) is 59.2 Å². The van der Waals surface area contributed by atoms with Gasteiger partial charge in [0.15, 0.2) is 0 Å². The summed E-state index contributed by atoms with van der Waals surface area (Å²) in [6.45, 7) is 7.64. The standard InChI is InChI=1S/C37H37BrN6O5/c1-23-17-25(9-14-30(23)38)35(46)42-20-32-33(34(45)40-18-26-7-5-6-8-29(26)31-15-16-39-22-41-31)44(36(47)43(32)19-24(42)2)27-10-12-28(13-11-27)49-21-37(3,4)48/h5-17,22,24,48H,18-21H2,1-4H3,(H,40,45). The number of halogens is 1. The van der Waals surface area contributed by atoms with Crippen molar-refractivity contribution in [1.29, 1.82) is 0 Å². The van der Waals surface area contributed by atoms with Crippen LogP contribution in [0.5, 0.6) is 5.75 Å². The molecule has 0 radical (unpaired) electrons. The number of carbonyl (C=O) groups excluding carboxylic acids is 2. The van der Waals surface area contributed by atoms with E-state index in [-0.39, 0.29) is 49.6 Å². The number of imidazole rings is 1. The summed E-state index contributed by atoms with van der Waals surface area (Å²) >= 11 is 3.50. The lowest BCUT2D eigenvalue weighted by Crippen LogP contribution is -2.47. The average molecular weight is 726 g/mol. The zero-order chi connectivity index (χ0) is 34.9. The van der Waals surface area contributed by atoms with Crippen LogP contribution in [-0.2, 0) is 19.6 Å². The van der Waals surface area contributed by atoms with Gasteiger partial charge in [-0.25, -0.2) is 14.8 Å². The molecule has 5 aromatic rings. The fourth-order valence-corrected chi connectivity index (χ4v) is 6.14. The van der Waals surface area contributed by atoms with E-state index < -0.39 is 11.5 Å². The van der Waals surface area contributed by atoms with Crippen molar-refractivity contribution < 1.29 is 19.4 Å². The fourth-order valence-electron chi connectivity index (χ4n) is 5.89. The number of rotatable bonds is 9. The van der Waals surface area contributed by atoms with Gasteiger partial charge in [-0.1, -0.05) is 40.2 Å². The number of nitrogens with one attached hydrogen (secondary N) is 1. The summed E-state index contributed by atoms with van der Waals surface area (Å²) in [6, 6.07) is 21.3. The van der Waals surface area contributed by atoms with Crippen LogP contribution < -0.4 is 15.7 Å². The van der Waals surface area contributed by atoms with E-state index in [2.05, 4.69) is 31.2 Å². The molecule has 252 valence electrons. The number of hydrogen-bond donors (Lipinski definition) is 2. The number of nitrogens with zero attached hydrogens (tertiary/aromatic N) is 5. The molecule has 11 nitrogen and oxygen atoms in total. The third-order valence-electron chi connectivity index (χ3n) is 8.43. The molecular weight excluding hydrogens is 688 g/mol. The molecule has 2 amide bonds. The minimum Gasteiger partial charge on any atom is -0.491 e. The third kappa shape index (κ3) is 7.20. The predicted molar refractivity (Wildman–Crippen MR) is 189 cm³/mol. The van der Waals surface area contributed by atoms with Gasteiger partial charge in [-0.3, -0.25) is 18.7 Å². The van der Waals surface area contributed by atoms with Gasteiger partial charge in [0.1, 0.15) is 24.4 Å². The van der Waals surface area contributed by atoms with Crippen molar-refractivity contribution in [3.63, 3.8) is 0 Å². The van der Waals surface area contributed by atoms with Gasteiger partial charge < -0.3 is 20.1 Å². The molecule has 6 rings (SSSR count). The van der Waals surface area contributed by atoms with Crippen molar-refractivity contribution in [1.82, 2.24) is 29.3 Å². The highest BCUT2D eigenvalue weighted by Crippen LogP contribution is 2.27. The third-order valence-corrected chi connectivity index (χ3v) is 9.32. The summed E-state index contributed by atoms with van der Waals surface area (Å²) in [5, 5.41) is 13.1. The first-order valence-corrected chi connectivity index (χ1v) is 16.7. The summed E-state index contributed by atoms with van der Waals surface area (Å²) in [5.74, 6) is -0.148. The fraction of sp³-hybridized carbons (Fsp3) is 0.270. The second-order valence-electron chi connectivity index (χ2n) is 12.8. The molecule has 0 spiro atoms. The Morgan fingerprint density at radius 3 is 2.53 bits per heavy atom. The molecule has 1 aliphatic rings. The smallest absolute Gasteiger partial charge is 0.333 e. The quantitative estimate of drug-likeness (QED) is 0.211. The predicted octanol–water partition coefficient (Wildman–Crippen LogP) is 5.29. The Morgan fingerprint density at radius 1 is 1.08 bits per heavy atom. The van der Waals surface area contributed by atoms with Gasteiger partial charge in [0.25, 0.3) is 11.8 Å². The van der Waals surface area contributed by atoms with E-state index in [1.54, 1.807) is 65.9 Å². The van der Waals surface area contributed by atoms with Gasteiger partial charge in [0, 0.05) is 40.9 Å². The zero-order valence-electron chi connectivity index (χ0n) is 27.7. The summed E-state index contributed by atoms with van der Waals surface area (Å²) in [6.07, 6.45) is 3.13. The summed E-state index contributed by atoms with van der Waals surface area (Å²) in [5.41, 5.74) is 3.49. The van der Waals surface area contributed by atoms with Gasteiger partial charge in [-0.15, -0.1) is 0 Å². The van der Waals surface area contributed by atoms with Crippen LogP contribution in [0.3, 0.4) is 0 Å². The Bertz CT molecular complexity index is 2070. The van der Waals surface area contributed by atoms with E-state index in [0.717, 1.165) is 26.9 Å². The van der Waals surface area contributed by atoms with E-state index >= 15 is 0 Å². The van der Waals surface area contributed by atoms with Gasteiger partial charge in [-0.2, -0.15) is 0 Å². The van der Waals surface area contributed by atoms with Gasteiger partial charge in [0.2, 0.25) is 0 Å². The molecule has 3 aromatic carbocycles. The normalized spacial score (nSPS) is 14.3. The SMILES string of the molecule is Cc1cc(C(=O)N2Cc3c(C(=O)NCc4ccccc4-c4ccncn4)n(-c4ccc(OCC(C)(C)O)cc4)c(=O)n3CC2C)ccc1Br. The molecule has 0 saturated carbocycles. The Hall–Kier alpha value is -5.07. The first-order valence-electron chi connectivity index (χ1n) is 15.9. The van der Waals surface area contributed by atoms with Crippen LogP contribution in [0.1, 0.15) is 58.4 Å². The summed E-state index contributed by atoms with van der Waals surface area (Å²) < 4.78 is 9.60. The van der Waals surface area contributed by atoms with E-state index in [1.807, 2.05) is 50.2 Å². The first kappa shape index (κ1) is 33.8. The molecule has 0 saturated heterocycles. The molecule has 1 unspecified atom stereocenters. The Balaban J connectivity index is 1.38. The monoisotopic (exact) mass is 724 g/mol. The Morgan fingerprint density at radius 2 is 1.84 bits per heavy atom. The van der Waals surface area contributed by atoms with E-state index in [0.29, 0.717) is 22.7 Å². The number of aryl methyl sites for hydroxylation is 1. The summed E-state index contributed by atoms with van der Waals surface area (Å²) in [7, 11) is 0. The molecule has 2 N–H and O–H groups in total. The lowest BCUT2D eigenvalue weighted by Gasteiger charge is -2.34. The molecule has 0 aliphatic carbocycles. The number of ether oxygens (including phenoxy) is 1. The van der Waals surface area contributed by atoms with Gasteiger partial charge >= 0.3 is 5.69 Å². The molecular formula is C37H37BrN6O5. The van der Waals surface area contributed by atoms with Crippen LogP contribution in [0.2, 0.25) is 0 Å². The number of aliphatic hydroxyl groups is 1. The number of benzene rings is 3. The highest BCUT2D eigenvalue weighted by atomic mass is 79.9. The highest BCUT2D eigenvalue weighted by molar-refractivity contribution is 9.10. The number of aromatic nitrogens is 4. The van der Waals surface area contributed by atoms with Crippen LogP contribution in [0.15, 0.2) is 94.6 Å². The van der Waals surface area contributed by atoms with Crippen LogP contribution in [0, 0.1) is 6.92 Å². The molecule has 0 fully saturated rings. The van der Waals surface area contributed by atoms with Crippen molar-refractivity contribution in [3.8, 4) is 22.7 Å². The molecule has 0 bridgehead atoms. The minimum atomic E-state index is -1.02. The van der Waals surface area contributed by atoms with E-state index in [9.17, 15) is 19.5 Å². The minimum absolute atomic E-state index is 0.0599. The molecule has 1 atom stereocenters. The molecule has 3 heterocycles. The van der Waals surface area contributed by atoms with Gasteiger partial charge in [0.05, 0.1) is 29.2 Å². The molecule has 1 aliphatic heterocycles. The molecule has 49 heavy (non-hydrogen) atoms. The van der Waals surface area contributed by atoms with Crippen molar-refractivity contribution in [2.24, 2.45) is 0 Å². The van der Waals surface area contributed by atoms with Crippen LogP contribution >= 0.6 is 15.9 Å². The average Bonchev–Trinajstić information content (AvgIpc) is 3.38. The highest BCUT2D eigenvalue weighted by Gasteiger charge is 2.35. The second-order valence-corrected chi connectivity index (χ2v) is 13.7. The topological polar surface area (TPSA) is 132 Å². The second kappa shape index (κ2) is 13.8. The van der Waals surface area contributed by atoms with Crippen molar-refractivity contribution in [3.05, 3.63) is 128 Å². The number of carbonyl (C=O) groups is 2. The zero-order valence-corrected chi connectivity index (χ0v) is 29.3. The first-order chi connectivity index (χ1) is 23.4. The van der Waals surface area contributed by atoms with Gasteiger partial charge in [-0.05, 0) is 87.4 Å². The number of fused-ring (bicyclic) bond motifs is 1. The lowest BCUT2D eigenvalue weighted by atomic mass is 10.0. The number of hydrogen-bond acceptors (Lipinski definition) is 7. The van der Waals surface area contributed by atoms with E-state index in [4.69, 9.17) is 4.74 Å². The van der Waals surface area contributed by atoms with Crippen molar-refractivity contribution in [2.45, 2.75) is 59.0 Å². The maximum absolute atomic E-state index is 14.3. The van der Waals surface area contributed by atoms with E-state index in [1.165, 1.54) is 10.9 Å². The van der Waals surface area contributed by atoms with Crippen molar-refractivity contribution >= 4 is 27.7 Å². The Kier molecular flexibility index (Phi) is 9.53. The van der Waals surface area contributed by atoms with Crippen LogP contribution in [0.4, 0.5) is 0 Å².